The summed E-state index contributed by atoms with van der Waals surface area (Å²) in [7, 11) is 1.26. The zero-order valence-electron chi connectivity index (χ0n) is 12.3. The summed E-state index contributed by atoms with van der Waals surface area (Å²) in [5.41, 5.74) is 0. The van der Waals surface area contributed by atoms with Gasteiger partial charge in [0.05, 0.1) is 19.9 Å². The largest absolute Gasteiger partial charge is 0.467 e. The van der Waals surface area contributed by atoms with Gasteiger partial charge in [-0.25, -0.2) is 4.79 Å². The maximum Gasteiger partial charge on any atom is 0.328 e. The highest BCUT2D eigenvalue weighted by Crippen LogP contribution is 2.06. The van der Waals surface area contributed by atoms with Gasteiger partial charge in [0.2, 0.25) is 5.91 Å². The van der Waals surface area contributed by atoms with Crippen molar-refractivity contribution in [1.29, 1.82) is 0 Å². The lowest BCUT2D eigenvalue weighted by Crippen LogP contribution is -2.46. The topological polar surface area (TPSA) is 97.6 Å². The Hall–Kier alpha value is -2.31. The van der Waals surface area contributed by atoms with Gasteiger partial charge in [0, 0.05) is 0 Å². The van der Waals surface area contributed by atoms with Crippen LogP contribution in [0.15, 0.2) is 22.8 Å². The van der Waals surface area contributed by atoms with Crippen molar-refractivity contribution >= 4 is 17.8 Å². The van der Waals surface area contributed by atoms with E-state index < -0.39 is 23.8 Å². The molecule has 0 aliphatic heterocycles. The van der Waals surface area contributed by atoms with E-state index in [0.29, 0.717) is 6.42 Å². The van der Waals surface area contributed by atoms with E-state index in [9.17, 15) is 14.4 Å². The summed E-state index contributed by atoms with van der Waals surface area (Å²) in [4.78, 5) is 34.9. The van der Waals surface area contributed by atoms with Gasteiger partial charge in [-0.15, -0.1) is 0 Å². The second-order valence-electron chi connectivity index (χ2n) is 4.93. The molecular weight excluding hydrogens is 276 g/mol. The molecule has 0 aromatic carbocycles. The van der Waals surface area contributed by atoms with Crippen LogP contribution in [-0.4, -0.2) is 37.5 Å². The molecule has 0 saturated carbocycles. The molecule has 1 unspecified atom stereocenters. The van der Waals surface area contributed by atoms with Crippen LogP contribution in [0, 0.1) is 5.92 Å². The zero-order valence-corrected chi connectivity index (χ0v) is 12.3. The Kier molecular flexibility index (Phi) is 6.45. The Morgan fingerprint density at radius 3 is 2.57 bits per heavy atom. The number of hydrogen-bond acceptors (Lipinski definition) is 5. The number of esters is 1. The average Bonchev–Trinajstić information content (AvgIpc) is 2.96. The van der Waals surface area contributed by atoms with Gasteiger partial charge in [0.25, 0.3) is 5.91 Å². The van der Waals surface area contributed by atoms with E-state index >= 15 is 0 Å². The number of amides is 2. The standard InChI is InChI=1S/C14H20N2O5/c1-9(2)7-10(14(19)20-3)16-12(17)8-15-13(18)11-5-4-6-21-11/h4-6,9-10H,7-8H2,1-3H3,(H,15,18)(H,16,17). The molecule has 7 nitrogen and oxygen atoms in total. The number of hydrogen-bond donors (Lipinski definition) is 2. The van der Waals surface area contributed by atoms with Crippen LogP contribution in [0.2, 0.25) is 0 Å². The molecular formula is C14H20N2O5. The molecule has 2 amide bonds. The third kappa shape index (κ3) is 5.68. The third-order valence-corrected chi connectivity index (χ3v) is 2.68. The second kappa shape index (κ2) is 8.08. The minimum absolute atomic E-state index is 0.120. The van der Waals surface area contributed by atoms with Crippen molar-refractivity contribution in [1.82, 2.24) is 10.6 Å². The lowest BCUT2D eigenvalue weighted by Gasteiger charge is -2.18. The van der Waals surface area contributed by atoms with Crippen molar-refractivity contribution < 1.29 is 23.5 Å². The Bertz CT molecular complexity index is 482. The van der Waals surface area contributed by atoms with Crippen LogP contribution in [0.3, 0.4) is 0 Å². The van der Waals surface area contributed by atoms with Crippen LogP contribution >= 0.6 is 0 Å². The van der Waals surface area contributed by atoms with Crippen LogP contribution in [0.5, 0.6) is 0 Å². The molecule has 1 atom stereocenters. The maximum absolute atomic E-state index is 11.8. The molecule has 1 aromatic heterocycles. The van der Waals surface area contributed by atoms with Crippen LogP contribution in [-0.2, 0) is 14.3 Å². The third-order valence-electron chi connectivity index (χ3n) is 2.68. The lowest BCUT2D eigenvalue weighted by molar-refractivity contribution is -0.145. The Balaban J connectivity index is 2.46. The number of carbonyl (C=O) groups is 3. The molecule has 21 heavy (non-hydrogen) atoms. The summed E-state index contributed by atoms with van der Waals surface area (Å²) in [5, 5.41) is 4.94. The number of ether oxygens (including phenoxy) is 1. The molecule has 1 heterocycles. The van der Waals surface area contributed by atoms with E-state index in [1.165, 1.54) is 19.4 Å². The summed E-state index contributed by atoms with van der Waals surface area (Å²) >= 11 is 0. The molecule has 116 valence electrons. The van der Waals surface area contributed by atoms with Crippen LogP contribution in [0.1, 0.15) is 30.8 Å². The van der Waals surface area contributed by atoms with Gasteiger partial charge in [0.15, 0.2) is 5.76 Å². The van der Waals surface area contributed by atoms with Gasteiger partial charge in [0.1, 0.15) is 6.04 Å². The van der Waals surface area contributed by atoms with Gasteiger partial charge >= 0.3 is 5.97 Å². The van der Waals surface area contributed by atoms with Crippen molar-refractivity contribution in [3.8, 4) is 0 Å². The van der Waals surface area contributed by atoms with E-state index in [0.717, 1.165) is 0 Å². The van der Waals surface area contributed by atoms with Crippen molar-refractivity contribution in [2.24, 2.45) is 5.92 Å². The molecule has 0 radical (unpaired) electrons. The van der Waals surface area contributed by atoms with E-state index in [1.54, 1.807) is 6.07 Å². The molecule has 1 rings (SSSR count). The first kappa shape index (κ1) is 16.7. The molecule has 0 aliphatic carbocycles. The van der Waals surface area contributed by atoms with E-state index in [1.807, 2.05) is 13.8 Å². The van der Waals surface area contributed by atoms with Gasteiger partial charge in [-0.1, -0.05) is 13.8 Å². The van der Waals surface area contributed by atoms with Gasteiger partial charge in [-0.2, -0.15) is 0 Å². The van der Waals surface area contributed by atoms with Crippen LogP contribution < -0.4 is 10.6 Å². The van der Waals surface area contributed by atoms with Crippen LogP contribution in [0.25, 0.3) is 0 Å². The summed E-state index contributed by atoms with van der Waals surface area (Å²) in [6.07, 6.45) is 1.83. The van der Waals surface area contributed by atoms with Crippen molar-refractivity contribution in [3.63, 3.8) is 0 Å². The Labute approximate surface area is 123 Å². The van der Waals surface area contributed by atoms with E-state index in [2.05, 4.69) is 15.4 Å². The summed E-state index contributed by atoms with van der Waals surface area (Å²) in [5.74, 6) is -1.13. The number of nitrogens with one attached hydrogen (secondary N) is 2. The number of methoxy groups -OCH3 is 1. The van der Waals surface area contributed by atoms with Gasteiger partial charge < -0.3 is 19.8 Å². The zero-order chi connectivity index (χ0) is 15.8. The highest BCUT2D eigenvalue weighted by molar-refractivity contribution is 5.94. The van der Waals surface area contributed by atoms with Gasteiger partial charge in [-0.3, -0.25) is 9.59 Å². The van der Waals surface area contributed by atoms with E-state index in [-0.39, 0.29) is 18.2 Å². The number of furan rings is 1. The Morgan fingerprint density at radius 2 is 2.05 bits per heavy atom. The predicted molar refractivity (Wildman–Crippen MR) is 74.4 cm³/mol. The molecule has 0 spiro atoms. The second-order valence-corrected chi connectivity index (χ2v) is 4.93. The normalized spacial score (nSPS) is 11.8. The molecule has 0 bridgehead atoms. The summed E-state index contributed by atoms with van der Waals surface area (Å²) in [6, 6.07) is 2.34. The van der Waals surface area contributed by atoms with Crippen molar-refractivity contribution in [3.05, 3.63) is 24.2 Å². The average molecular weight is 296 g/mol. The Morgan fingerprint density at radius 1 is 1.33 bits per heavy atom. The number of rotatable bonds is 7. The molecule has 0 aliphatic rings. The monoisotopic (exact) mass is 296 g/mol. The molecule has 1 aromatic rings. The van der Waals surface area contributed by atoms with Gasteiger partial charge in [-0.05, 0) is 24.5 Å². The predicted octanol–water partition coefficient (Wildman–Crippen LogP) is 0.713. The number of carbonyl (C=O) groups excluding carboxylic acids is 3. The molecule has 7 heteroatoms. The molecule has 0 saturated heterocycles. The minimum Gasteiger partial charge on any atom is -0.467 e. The fourth-order valence-corrected chi connectivity index (χ4v) is 1.73. The smallest absolute Gasteiger partial charge is 0.328 e. The minimum atomic E-state index is -0.719. The SMILES string of the molecule is COC(=O)C(CC(C)C)NC(=O)CNC(=O)c1ccco1. The molecule has 2 N–H and O–H groups in total. The fourth-order valence-electron chi connectivity index (χ4n) is 1.73. The van der Waals surface area contributed by atoms with E-state index in [4.69, 9.17) is 4.42 Å². The summed E-state index contributed by atoms with van der Waals surface area (Å²) in [6.45, 7) is 3.62. The van der Waals surface area contributed by atoms with Crippen molar-refractivity contribution in [2.45, 2.75) is 26.3 Å². The first-order valence-electron chi connectivity index (χ1n) is 6.63. The fraction of sp³-hybridized carbons (Fsp3) is 0.500. The molecule has 0 fully saturated rings. The lowest BCUT2D eigenvalue weighted by atomic mass is 10.0. The maximum atomic E-state index is 11.8. The first-order chi connectivity index (χ1) is 9.93. The highest BCUT2D eigenvalue weighted by Gasteiger charge is 2.22. The summed E-state index contributed by atoms with van der Waals surface area (Å²) < 4.78 is 9.54. The van der Waals surface area contributed by atoms with Crippen molar-refractivity contribution in [2.75, 3.05) is 13.7 Å². The van der Waals surface area contributed by atoms with Crippen LogP contribution in [0.4, 0.5) is 0 Å². The highest BCUT2D eigenvalue weighted by atomic mass is 16.5. The first-order valence-corrected chi connectivity index (χ1v) is 6.63. The quantitative estimate of drug-likeness (QED) is 0.722.